The molecule has 17 heavy (non-hydrogen) atoms. The van der Waals surface area contributed by atoms with E-state index in [1.807, 2.05) is 0 Å². The number of rotatable bonds is 2. The third kappa shape index (κ3) is 1.44. The Morgan fingerprint density at radius 3 is 2.59 bits per heavy atom. The van der Waals surface area contributed by atoms with Gasteiger partial charge in [0.05, 0.1) is 0 Å². The number of hydrogen-bond acceptors (Lipinski definition) is 0. The molecule has 0 N–H and O–H groups in total. The summed E-state index contributed by atoms with van der Waals surface area (Å²) in [6.07, 6.45) is 11.0. The molecule has 0 nitrogen and oxygen atoms in total. The highest BCUT2D eigenvalue weighted by Crippen LogP contribution is 2.53. The third-order valence-electron chi connectivity index (χ3n) is 4.27. The molecular weight excluding hydrogens is 204 g/mol. The fraction of sp³-hybridized carbons (Fsp3) is 0.294. The zero-order valence-corrected chi connectivity index (χ0v) is 9.89. The van der Waals surface area contributed by atoms with Gasteiger partial charge in [0, 0.05) is 5.92 Å². The summed E-state index contributed by atoms with van der Waals surface area (Å²) in [5, 5.41) is 0. The molecule has 3 aliphatic carbocycles. The summed E-state index contributed by atoms with van der Waals surface area (Å²) in [7, 11) is 0. The molecule has 1 aromatic rings. The first-order valence-electron chi connectivity index (χ1n) is 6.60. The molecule has 1 fully saturated rings. The van der Waals surface area contributed by atoms with Gasteiger partial charge in [0.2, 0.25) is 0 Å². The Kier molecular flexibility index (Phi) is 1.93. The largest absolute Gasteiger partial charge is 0.0622 e. The van der Waals surface area contributed by atoms with Crippen molar-refractivity contribution < 1.29 is 0 Å². The minimum atomic E-state index is 0.622. The number of fused-ring (bicyclic) bond motifs is 1. The van der Waals surface area contributed by atoms with Crippen LogP contribution in [0.2, 0.25) is 0 Å². The predicted octanol–water partition coefficient (Wildman–Crippen LogP) is 4.38. The lowest BCUT2D eigenvalue weighted by molar-refractivity contribution is 0.794. The molecule has 0 spiro atoms. The number of benzene rings is 1. The topological polar surface area (TPSA) is 0 Å². The molecule has 3 aliphatic rings. The van der Waals surface area contributed by atoms with Crippen LogP contribution in [0.25, 0.3) is 0 Å². The Labute approximate surface area is 102 Å². The Balaban J connectivity index is 1.74. The molecule has 0 amide bonds. The van der Waals surface area contributed by atoms with Crippen LogP contribution in [0.4, 0.5) is 0 Å². The average molecular weight is 220 g/mol. The predicted molar refractivity (Wildman–Crippen MR) is 70.8 cm³/mol. The van der Waals surface area contributed by atoms with Crippen molar-refractivity contribution in [3.63, 3.8) is 0 Å². The molecule has 0 heterocycles. The Morgan fingerprint density at radius 2 is 1.82 bits per heavy atom. The fourth-order valence-corrected chi connectivity index (χ4v) is 3.27. The lowest BCUT2D eigenvalue weighted by Crippen LogP contribution is -1.96. The molecule has 1 atom stereocenters. The van der Waals surface area contributed by atoms with Gasteiger partial charge < -0.3 is 0 Å². The van der Waals surface area contributed by atoms with E-state index in [2.05, 4.69) is 48.6 Å². The van der Waals surface area contributed by atoms with Gasteiger partial charge in [-0.05, 0) is 41.9 Å². The maximum Gasteiger partial charge on any atom is 0.0133 e. The van der Waals surface area contributed by atoms with Gasteiger partial charge in [-0.1, -0.05) is 54.1 Å². The molecule has 0 bridgehead atoms. The fourth-order valence-electron chi connectivity index (χ4n) is 3.27. The quantitative estimate of drug-likeness (QED) is 0.694. The Hall–Kier alpha value is -1.56. The van der Waals surface area contributed by atoms with Crippen molar-refractivity contribution in [3.8, 4) is 0 Å². The molecule has 0 radical (unpaired) electrons. The average Bonchev–Trinajstić information content (AvgIpc) is 2.99. The summed E-state index contributed by atoms with van der Waals surface area (Å²) in [5.41, 5.74) is 6.36. The molecule has 1 saturated carbocycles. The second-order valence-corrected chi connectivity index (χ2v) is 5.36. The first-order valence-corrected chi connectivity index (χ1v) is 6.60. The van der Waals surface area contributed by atoms with Crippen LogP contribution in [0.1, 0.15) is 30.7 Å². The summed E-state index contributed by atoms with van der Waals surface area (Å²) in [6.45, 7) is 0. The second-order valence-electron chi connectivity index (χ2n) is 5.36. The van der Waals surface area contributed by atoms with Gasteiger partial charge in [-0.3, -0.25) is 0 Å². The van der Waals surface area contributed by atoms with Crippen LogP contribution >= 0.6 is 0 Å². The molecule has 1 aromatic carbocycles. The molecule has 0 aromatic heterocycles. The van der Waals surface area contributed by atoms with Gasteiger partial charge in [-0.2, -0.15) is 0 Å². The summed E-state index contributed by atoms with van der Waals surface area (Å²) in [4.78, 5) is 0. The molecule has 4 rings (SSSR count). The van der Waals surface area contributed by atoms with Crippen LogP contribution in [0.15, 0.2) is 65.3 Å². The SMILES string of the molecule is C1=CC2=C(C3CC3)CC(c3ccccc3)C2=C1. The molecular formula is C17H16. The highest BCUT2D eigenvalue weighted by molar-refractivity contribution is 5.61. The lowest BCUT2D eigenvalue weighted by Gasteiger charge is -2.12. The van der Waals surface area contributed by atoms with Crippen LogP contribution < -0.4 is 0 Å². The van der Waals surface area contributed by atoms with E-state index in [-0.39, 0.29) is 0 Å². The highest BCUT2D eigenvalue weighted by Gasteiger charge is 2.37. The van der Waals surface area contributed by atoms with Crippen LogP contribution in [-0.2, 0) is 0 Å². The maximum atomic E-state index is 2.33. The monoisotopic (exact) mass is 220 g/mol. The van der Waals surface area contributed by atoms with Crippen molar-refractivity contribution in [3.05, 3.63) is 70.8 Å². The minimum Gasteiger partial charge on any atom is -0.0622 e. The van der Waals surface area contributed by atoms with Crippen LogP contribution in [-0.4, -0.2) is 0 Å². The number of allylic oxidation sites excluding steroid dienone is 6. The molecule has 0 heteroatoms. The van der Waals surface area contributed by atoms with Crippen molar-refractivity contribution in [2.24, 2.45) is 5.92 Å². The minimum absolute atomic E-state index is 0.622. The van der Waals surface area contributed by atoms with Crippen molar-refractivity contribution in [1.29, 1.82) is 0 Å². The van der Waals surface area contributed by atoms with E-state index < -0.39 is 0 Å². The normalized spacial score (nSPS) is 26.4. The van der Waals surface area contributed by atoms with E-state index in [9.17, 15) is 0 Å². The molecule has 84 valence electrons. The van der Waals surface area contributed by atoms with Crippen molar-refractivity contribution in [1.82, 2.24) is 0 Å². The van der Waals surface area contributed by atoms with Crippen LogP contribution in [0, 0.1) is 5.92 Å². The van der Waals surface area contributed by atoms with E-state index in [4.69, 9.17) is 0 Å². The third-order valence-corrected chi connectivity index (χ3v) is 4.27. The van der Waals surface area contributed by atoms with Gasteiger partial charge in [0.15, 0.2) is 0 Å². The van der Waals surface area contributed by atoms with Crippen LogP contribution in [0.3, 0.4) is 0 Å². The zero-order chi connectivity index (χ0) is 11.2. The zero-order valence-electron chi connectivity index (χ0n) is 9.89. The Morgan fingerprint density at radius 1 is 1.00 bits per heavy atom. The van der Waals surface area contributed by atoms with Gasteiger partial charge in [0.25, 0.3) is 0 Å². The van der Waals surface area contributed by atoms with E-state index in [1.54, 1.807) is 16.7 Å². The molecule has 1 unspecified atom stereocenters. The van der Waals surface area contributed by atoms with Gasteiger partial charge >= 0.3 is 0 Å². The standard InChI is InChI=1S/C17H16/c1-2-5-12(6-3-1)16-11-17(13-9-10-13)15-8-4-7-14(15)16/h1-8,13,16H,9-11H2. The van der Waals surface area contributed by atoms with E-state index in [0.29, 0.717) is 5.92 Å². The number of hydrogen-bond donors (Lipinski definition) is 0. The summed E-state index contributed by atoms with van der Waals surface area (Å²) in [6, 6.07) is 11.0. The highest BCUT2D eigenvalue weighted by atomic mass is 14.4. The first kappa shape index (κ1) is 9.47. The smallest absolute Gasteiger partial charge is 0.0133 e. The van der Waals surface area contributed by atoms with Gasteiger partial charge in [0.1, 0.15) is 0 Å². The summed E-state index contributed by atoms with van der Waals surface area (Å²) >= 11 is 0. The molecule has 0 aliphatic heterocycles. The van der Waals surface area contributed by atoms with Crippen molar-refractivity contribution >= 4 is 0 Å². The first-order chi connectivity index (χ1) is 8.43. The van der Waals surface area contributed by atoms with Crippen molar-refractivity contribution in [2.45, 2.75) is 25.2 Å². The lowest BCUT2D eigenvalue weighted by atomic mass is 9.91. The van der Waals surface area contributed by atoms with E-state index >= 15 is 0 Å². The maximum absolute atomic E-state index is 2.33. The summed E-state index contributed by atoms with van der Waals surface area (Å²) < 4.78 is 0. The molecule has 0 saturated heterocycles. The Bertz CT molecular complexity index is 539. The second kappa shape index (κ2) is 3.46. The van der Waals surface area contributed by atoms with Crippen LogP contribution in [0.5, 0.6) is 0 Å². The van der Waals surface area contributed by atoms with Gasteiger partial charge in [-0.25, -0.2) is 0 Å². The van der Waals surface area contributed by atoms with Gasteiger partial charge in [-0.15, -0.1) is 0 Å². The van der Waals surface area contributed by atoms with E-state index in [0.717, 1.165) is 5.92 Å². The van der Waals surface area contributed by atoms with E-state index in [1.165, 1.54) is 24.8 Å². The summed E-state index contributed by atoms with van der Waals surface area (Å²) in [5.74, 6) is 1.53. The van der Waals surface area contributed by atoms with Crippen molar-refractivity contribution in [2.75, 3.05) is 0 Å².